The maximum Gasteiger partial charge on any atom is 0.226 e. The van der Waals surface area contributed by atoms with Crippen molar-refractivity contribution in [3.05, 3.63) is 48.0 Å². The van der Waals surface area contributed by atoms with Crippen LogP contribution in [0.1, 0.15) is 57.0 Å². The summed E-state index contributed by atoms with van der Waals surface area (Å²) in [5.74, 6) is 2.67. The quantitative estimate of drug-likeness (QED) is 0.791. The van der Waals surface area contributed by atoms with E-state index in [4.69, 9.17) is 4.74 Å². The Morgan fingerprint density at radius 3 is 2.54 bits per heavy atom. The van der Waals surface area contributed by atoms with Crippen LogP contribution in [0, 0.1) is 0 Å². The predicted octanol–water partition coefficient (Wildman–Crippen LogP) is 3.81. The van der Waals surface area contributed by atoms with Crippen LogP contribution in [0.3, 0.4) is 0 Å². The number of rotatable bonds is 6. The second-order valence-electron chi connectivity index (χ2n) is 7.20. The van der Waals surface area contributed by atoms with Gasteiger partial charge in [0.2, 0.25) is 5.91 Å². The van der Waals surface area contributed by atoms with Crippen molar-refractivity contribution in [3.63, 3.8) is 0 Å². The van der Waals surface area contributed by atoms with E-state index in [9.17, 15) is 4.79 Å². The molecule has 0 saturated carbocycles. The minimum Gasteiger partial charge on any atom is -0.494 e. The first-order chi connectivity index (χ1) is 12.6. The summed E-state index contributed by atoms with van der Waals surface area (Å²) in [5, 5.41) is 0. The zero-order valence-corrected chi connectivity index (χ0v) is 16.0. The molecule has 1 aromatic heterocycles. The number of benzene rings is 1. The fraction of sp³-hybridized carbons (Fsp3) is 0.524. The van der Waals surface area contributed by atoms with Gasteiger partial charge >= 0.3 is 0 Å². The Hall–Kier alpha value is -2.30. The number of amides is 1. The molecule has 0 aliphatic carbocycles. The van der Waals surface area contributed by atoms with Gasteiger partial charge in [0.25, 0.3) is 0 Å². The Kier molecular flexibility index (Phi) is 5.96. The lowest BCUT2D eigenvalue weighted by Gasteiger charge is -2.32. The van der Waals surface area contributed by atoms with Gasteiger partial charge in [-0.1, -0.05) is 12.1 Å². The first kappa shape index (κ1) is 18.5. The zero-order valence-electron chi connectivity index (χ0n) is 16.0. The number of carbonyl (C=O) groups is 1. The van der Waals surface area contributed by atoms with E-state index in [1.807, 2.05) is 42.3 Å². The number of imidazole rings is 1. The molecule has 1 fully saturated rings. The molecule has 1 saturated heterocycles. The van der Waals surface area contributed by atoms with Gasteiger partial charge in [0.05, 0.1) is 13.0 Å². The average molecular weight is 355 g/mol. The third kappa shape index (κ3) is 4.26. The number of carbonyl (C=O) groups excluding carboxylic acids is 1. The zero-order chi connectivity index (χ0) is 18.5. The topological polar surface area (TPSA) is 47.4 Å². The van der Waals surface area contributed by atoms with Gasteiger partial charge in [0, 0.05) is 37.4 Å². The van der Waals surface area contributed by atoms with Crippen LogP contribution in [0.2, 0.25) is 0 Å². The Labute approximate surface area is 156 Å². The molecule has 0 spiro atoms. The fourth-order valence-electron chi connectivity index (χ4n) is 3.62. The highest BCUT2D eigenvalue weighted by molar-refractivity contribution is 5.78. The van der Waals surface area contributed by atoms with Crippen LogP contribution in [0.5, 0.6) is 5.75 Å². The lowest BCUT2D eigenvalue weighted by atomic mass is 9.95. The Morgan fingerprint density at radius 2 is 1.92 bits per heavy atom. The van der Waals surface area contributed by atoms with Gasteiger partial charge in [-0.05, 0) is 51.3 Å². The molecular formula is C21H29N3O2. The minimum atomic E-state index is 0.208. The number of aromatic nitrogens is 2. The second-order valence-corrected chi connectivity index (χ2v) is 7.20. The van der Waals surface area contributed by atoms with E-state index < -0.39 is 0 Å². The third-order valence-electron chi connectivity index (χ3n) is 5.06. The van der Waals surface area contributed by atoms with E-state index in [1.54, 1.807) is 0 Å². The molecule has 2 aromatic rings. The summed E-state index contributed by atoms with van der Waals surface area (Å²) in [6, 6.07) is 8.25. The molecule has 2 heterocycles. The lowest BCUT2D eigenvalue weighted by molar-refractivity contribution is -0.131. The van der Waals surface area contributed by atoms with Gasteiger partial charge in [-0.25, -0.2) is 4.98 Å². The summed E-state index contributed by atoms with van der Waals surface area (Å²) in [6.45, 7) is 8.61. The van der Waals surface area contributed by atoms with Gasteiger partial charge in [-0.2, -0.15) is 0 Å². The van der Waals surface area contributed by atoms with Crippen LogP contribution in [-0.2, 0) is 11.2 Å². The van der Waals surface area contributed by atoms with Crippen molar-refractivity contribution in [2.24, 2.45) is 0 Å². The molecule has 0 N–H and O–H groups in total. The second kappa shape index (κ2) is 8.39. The van der Waals surface area contributed by atoms with Crippen molar-refractivity contribution >= 4 is 5.91 Å². The fourth-order valence-corrected chi connectivity index (χ4v) is 3.62. The highest BCUT2D eigenvalue weighted by atomic mass is 16.5. The van der Waals surface area contributed by atoms with Gasteiger partial charge in [0.15, 0.2) is 0 Å². The summed E-state index contributed by atoms with van der Waals surface area (Å²) >= 11 is 0. The van der Waals surface area contributed by atoms with Gasteiger partial charge < -0.3 is 14.2 Å². The van der Waals surface area contributed by atoms with Gasteiger partial charge in [-0.15, -0.1) is 0 Å². The van der Waals surface area contributed by atoms with Crippen molar-refractivity contribution in [1.82, 2.24) is 14.5 Å². The molecule has 140 valence electrons. The Balaban J connectivity index is 1.54. The molecule has 1 amide bonds. The van der Waals surface area contributed by atoms with Crippen molar-refractivity contribution in [2.75, 3.05) is 19.7 Å². The van der Waals surface area contributed by atoms with Crippen LogP contribution in [0.15, 0.2) is 36.7 Å². The van der Waals surface area contributed by atoms with Crippen molar-refractivity contribution in [2.45, 2.75) is 52.0 Å². The van der Waals surface area contributed by atoms with E-state index in [1.165, 1.54) is 5.82 Å². The minimum absolute atomic E-state index is 0.208. The molecule has 0 unspecified atom stereocenters. The number of likely N-dealkylation sites (tertiary alicyclic amines) is 1. The van der Waals surface area contributed by atoms with E-state index in [0.29, 0.717) is 25.0 Å². The molecule has 3 rings (SSSR count). The molecule has 0 bridgehead atoms. The number of hydrogen-bond donors (Lipinski definition) is 0. The molecular weight excluding hydrogens is 326 g/mol. The largest absolute Gasteiger partial charge is 0.494 e. The molecule has 1 aliphatic rings. The van der Waals surface area contributed by atoms with E-state index >= 15 is 0 Å². The maximum atomic E-state index is 12.6. The highest BCUT2D eigenvalue weighted by Gasteiger charge is 2.26. The normalized spacial score (nSPS) is 15.5. The highest BCUT2D eigenvalue weighted by Crippen LogP contribution is 2.28. The summed E-state index contributed by atoms with van der Waals surface area (Å²) in [5.41, 5.74) is 1.04. The van der Waals surface area contributed by atoms with Gasteiger partial charge in [-0.3, -0.25) is 4.79 Å². The van der Waals surface area contributed by atoms with Crippen LogP contribution in [0.25, 0.3) is 0 Å². The van der Waals surface area contributed by atoms with Gasteiger partial charge in [0.1, 0.15) is 11.6 Å². The Morgan fingerprint density at radius 1 is 1.23 bits per heavy atom. The summed E-state index contributed by atoms with van der Waals surface area (Å²) in [7, 11) is 0. The van der Waals surface area contributed by atoms with Crippen molar-refractivity contribution < 1.29 is 9.53 Å². The number of piperidine rings is 1. The first-order valence-electron chi connectivity index (χ1n) is 9.60. The van der Waals surface area contributed by atoms with E-state index in [2.05, 4.69) is 29.6 Å². The first-order valence-corrected chi connectivity index (χ1v) is 9.60. The summed E-state index contributed by atoms with van der Waals surface area (Å²) in [6.07, 6.45) is 6.37. The van der Waals surface area contributed by atoms with Crippen LogP contribution >= 0.6 is 0 Å². The van der Waals surface area contributed by atoms with Crippen molar-refractivity contribution in [3.8, 4) is 5.75 Å². The molecule has 26 heavy (non-hydrogen) atoms. The maximum absolute atomic E-state index is 12.6. The molecule has 0 radical (unpaired) electrons. The standard InChI is InChI=1S/C21H29N3O2/c1-4-26-19-7-5-17(6-8-19)15-20(25)23-12-9-18(10-13-23)21-22-11-14-24(21)16(2)3/h5-8,11,14,16,18H,4,9-10,12-13,15H2,1-3H3. The lowest BCUT2D eigenvalue weighted by Crippen LogP contribution is -2.39. The molecule has 5 heteroatoms. The predicted molar refractivity (Wildman–Crippen MR) is 102 cm³/mol. The van der Waals surface area contributed by atoms with E-state index in [0.717, 1.165) is 37.2 Å². The van der Waals surface area contributed by atoms with E-state index in [-0.39, 0.29) is 5.91 Å². The number of ether oxygens (including phenoxy) is 1. The summed E-state index contributed by atoms with van der Waals surface area (Å²) in [4.78, 5) is 19.2. The smallest absolute Gasteiger partial charge is 0.226 e. The van der Waals surface area contributed by atoms with Crippen LogP contribution in [-0.4, -0.2) is 40.1 Å². The van der Waals surface area contributed by atoms with Crippen LogP contribution in [0.4, 0.5) is 0 Å². The monoisotopic (exact) mass is 355 g/mol. The molecule has 5 nitrogen and oxygen atoms in total. The molecule has 1 aromatic carbocycles. The SMILES string of the molecule is CCOc1ccc(CC(=O)N2CCC(c3nccn3C(C)C)CC2)cc1. The number of hydrogen-bond acceptors (Lipinski definition) is 3. The average Bonchev–Trinajstić information content (AvgIpc) is 3.14. The molecule has 0 atom stereocenters. The number of nitrogens with zero attached hydrogens (tertiary/aromatic N) is 3. The van der Waals surface area contributed by atoms with Crippen molar-refractivity contribution in [1.29, 1.82) is 0 Å². The van der Waals surface area contributed by atoms with Crippen LogP contribution < -0.4 is 4.74 Å². The molecule has 1 aliphatic heterocycles. The third-order valence-corrected chi connectivity index (χ3v) is 5.06. The Bertz CT molecular complexity index is 713. The summed E-state index contributed by atoms with van der Waals surface area (Å²) < 4.78 is 7.70.